The van der Waals surface area contributed by atoms with Crippen molar-refractivity contribution in [3.8, 4) is 0 Å². The van der Waals surface area contributed by atoms with E-state index in [0.717, 1.165) is 0 Å². The van der Waals surface area contributed by atoms with Crippen molar-refractivity contribution in [2.75, 3.05) is 43.6 Å². The zero-order valence-electron chi connectivity index (χ0n) is 11.5. The highest BCUT2D eigenvalue weighted by Gasteiger charge is 2.26. The van der Waals surface area contributed by atoms with E-state index in [2.05, 4.69) is 15.0 Å². The van der Waals surface area contributed by atoms with Gasteiger partial charge in [0.05, 0.1) is 31.8 Å². The van der Waals surface area contributed by atoms with Crippen LogP contribution < -0.4 is 17.2 Å². The molecule has 22 heavy (non-hydrogen) atoms. The second-order valence-corrected chi connectivity index (χ2v) is 4.39. The highest BCUT2D eigenvalue weighted by atomic mass is 31.1. The summed E-state index contributed by atoms with van der Waals surface area (Å²) >= 11 is 0. The maximum absolute atomic E-state index is 8.74. The molecule has 0 bridgehead atoms. The van der Waals surface area contributed by atoms with Crippen LogP contribution in [-0.4, -0.2) is 71.6 Å². The molecule has 0 unspecified atom stereocenters. The van der Waals surface area contributed by atoms with Gasteiger partial charge in [-0.25, -0.2) is 0 Å². The van der Waals surface area contributed by atoms with E-state index in [-0.39, 0.29) is 17.8 Å². The van der Waals surface area contributed by atoms with E-state index in [1.165, 1.54) is 0 Å². The van der Waals surface area contributed by atoms with Gasteiger partial charge in [0.25, 0.3) is 0 Å². The number of aliphatic hydroxyl groups is 4. The molecule has 0 aliphatic heterocycles. The molecule has 1 aromatic heterocycles. The van der Waals surface area contributed by atoms with Crippen molar-refractivity contribution < 1.29 is 34.8 Å². The van der Waals surface area contributed by atoms with Crippen molar-refractivity contribution in [2.45, 2.75) is 0 Å². The van der Waals surface area contributed by atoms with Gasteiger partial charge in [0.15, 0.2) is 0 Å². The SMILES string of the molecule is Nc1nc(N)nc(N)n1.O=[PH](O)O.OCC(CO)(CO)CO. The van der Waals surface area contributed by atoms with Crippen molar-refractivity contribution in [3.05, 3.63) is 0 Å². The van der Waals surface area contributed by atoms with Crippen LogP contribution in [0.25, 0.3) is 0 Å². The molecule has 0 aromatic carbocycles. The molecule has 1 aromatic rings. The lowest BCUT2D eigenvalue weighted by atomic mass is 9.93. The van der Waals surface area contributed by atoms with Crippen LogP contribution in [-0.2, 0) is 4.57 Å². The Morgan fingerprint density at radius 3 is 1.05 bits per heavy atom. The van der Waals surface area contributed by atoms with Crippen molar-refractivity contribution in [1.29, 1.82) is 0 Å². The van der Waals surface area contributed by atoms with Crippen molar-refractivity contribution in [2.24, 2.45) is 5.41 Å². The van der Waals surface area contributed by atoms with Gasteiger partial charge in [0.2, 0.25) is 17.8 Å². The average Bonchev–Trinajstić information content (AvgIpc) is 2.40. The van der Waals surface area contributed by atoms with Gasteiger partial charge < -0.3 is 47.4 Å². The molecular weight excluding hydrogens is 323 g/mol. The fraction of sp³-hybridized carbons (Fsp3) is 0.625. The molecular formula is C8H21N6O7P. The molecule has 0 atom stereocenters. The molecule has 0 radical (unpaired) electrons. The maximum Gasteiger partial charge on any atom is 0.314 e. The monoisotopic (exact) mass is 344 g/mol. The van der Waals surface area contributed by atoms with Gasteiger partial charge in [0.1, 0.15) is 0 Å². The minimum absolute atomic E-state index is 0.0417. The summed E-state index contributed by atoms with van der Waals surface area (Å²) in [5.41, 5.74) is 14.3. The zero-order chi connectivity index (χ0) is 17.8. The highest BCUT2D eigenvalue weighted by Crippen LogP contribution is 2.11. The Hall–Kier alpha value is -1.60. The Balaban J connectivity index is 0. The van der Waals surface area contributed by atoms with Gasteiger partial charge in [-0.1, -0.05) is 0 Å². The fourth-order valence-electron chi connectivity index (χ4n) is 0.727. The maximum atomic E-state index is 8.74. The number of hydrogen-bond donors (Lipinski definition) is 9. The summed E-state index contributed by atoms with van der Waals surface area (Å²) in [7, 11) is -3.13. The van der Waals surface area contributed by atoms with E-state index in [1.807, 2.05) is 0 Å². The summed E-state index contributed by atoms with van der Waals surface area (Å²) < 4.78 is 8.74. The molecule has 0 amide bonds. The number of nitrogen functional groups attached to an aromatic ring is 3. The van der Waals surface area contributed by atoms with Gasteiger partial charge in [0, 0.05) is 0 Å². The average molecular weight is 344 g/mol. The molecule has 0 spiro atoms. The Morgan fingerprint density at radius 2 is 0.955 bits per heavy atom. The number of aromatic nitrogens is 3. The van der Waals surface area contributed by atoms with Crippen molar-refractivity contribution >= 4 is 26.1 Å². The topological polar surface area (TPSA) is 255 Å². The number of aliphatic hydroxyl groups excluding tert-OH is 4. The van der Waals surface area contributed by atoms with Gasteiger partial charge in [-0.15, -0.1) is 0 Å². The first-order valence-electron chi connectivity index (χ1n) is 5.54. The summed E-state index contributed by atoms with van der Waals surface area (Å²) in [6.45, 7) is -1.62. The summed E-state index contributed by atoms with van der Waals surface area (Å²) in [5, 5.41) is 34.0. The van der Waals surface area contributed by atoms with Crippen molar-refractivity contribution in [1.82, 2.24) is 15.0 Å². The van der Waals surface area contributed by atoms with Crippen molar-refractivity contribution in [3.63, 3.8) is 0 Å². The predicted octanol–water partition coefficient (Wildman–Crippen LogP) is -4.08. The van der Waals surface area contributed by atoms with E-state index in [1.54, 1.807) is 0 Å². The second-order valence-electron chi connectivity index (χ2n) is 3.83. The van der Waals surface area contributed by atoms with Gasteiger partial charge in [-0.05, 0) is 0 Å². The quantitative estimate of drug-likeness (QED) is 0.236. The number of anilines is 3. The van der Waals surface area contributed by atoms with E-state index < -0.39 is 40.1 Å². The first-order valence-corrected chi connectivity index (χ1v) is 6.84. The standard InChI is InChI=1S/C5H12O4.C3H6N6.H3O3P/c6-1-5(2-7,3-8)4-9;4-1-7-2(5)9-3(6)8-1;1-4(2)3/h6-9H,1-4H2;(H6,4,5,6,7,8,9);4H,(H2,1,2,3). The smallest absolute Gasteiger partial charge is 0.314 e. The first-order chi connectivity index (χ1) is 10.2. The predicted molar refractivity (Wildman–Crippen MR) is 77.3 cm³/mol. The van der Waals surface area contributed by atoms with E-state index in [9.17, 15) is 0 Å². The molecule has 14 heteroatoms. The minimum Gasteiger partial charge on any atom is -0.396 e. The van der Waals surface area contributed by atoms with Crippen LogP contribution in [0, 0.1) is 5.41 Å². The number of rotatable bonds is 4. The van der Waals surface area contributed by atoms with Gasteiger partial charge >= 0.3 is 8.25 Å². The van der Waals surface area contributed by atoms with Gasteiger partial charge in [-0.2, -0.15) is 15.0 Å². The number of hydrogen-bond acceptors (Lipinski definition) is 11. The molecule has 13 nitrogen and oxygen atoms in total. The third-order valence-electron chi connectivity index (χ3n) is 2.03. The molecule has 1 heterocycles. The molecule has 0 aliphatic rings. The zero-order valence-corrected chi connectivity index (χ0v) is 12.5. The molecule has 130 valence electrons. The number of nitrogens with two attached hydrogens (primary N) is 3. The first kappa shape index (κ1) is 22.7. The molecule has 0 saturated carbocycles. The summed E-state index contributed by atoms with van der Waals surface area (Å²) in [6.07, 6.45) is 0. The van der Waals surface area contributed by atoms with Crippen LogP contribution in [0.4, 0.5) is 17.8 Å². The summed E-state index contributed by atoms with van der Waals surface area (Å²) in [4.78, 5) is 24.8. The van der Waals surface area contributed by atoms with E-state index in [4.69, 9.17) is 52.0 Å². The molecule has 0 saturated heterocycles. The Labute approximate surface area is 126 Å². The largest absolute Gasteiger partial charge is 0.396 e. The lowest BCUT2D eigenvalue weighted by Crippen LogP contribution is -2.37. The van der Waals surface area contributed by atoms with E-state index in [0.29, 0.717) is 0 Å². The lowest BCUT2D eigenvalue weighted by Gasteiger charge is -2.23. The normalized spacial score (nSPS) is 10.3. The molecule has 0 aliphatic carbocycles. The Morgan fingerprint density at radius 1 is 0.773 bits per heavy atom. The molecule has 12 N–H and O–H groups in total. The lowest BCUT2D eigenvalue weighted by molar-refractivity contribution is -0.0328. The minimum atomic E-state index is -3.13. The van der Waals surface area contributed by atoms with Crippen LogP contribution in [0.3, 0.4) is 0 Å². The molecule has 1 rings (SSSR count). The summed E-state index contributed by atoms with van der Waals surface area (Å²) in [5.74, 6) is 0.125. The van der Waals surface area contributed by atoms with Gasteiger partial charge in [-0.3, -0.25) is 4.57 Å². The third kappa shape index (κ3) is 11.1. The van der Waals surface area contributed by atoms with E-state index >= 15 is 0 Å². The van der Waals surface area contributed by atoms with Crippen LogP contribution in [0.15, 0.2) is 0 Å². The number of nitrogens with zero attached hydrogens (tertiary/aromatic N) is 3. The second kappa shape index (κ2) is 12.0. The third-order valence-corrected chi connectivity index (χ3v) is 2.03. The molecule has 0 fully saturated rings. The highest BCUT2D eigenvalue weighted by molar-refractivity contribution is 7.30. The van der Waals surface area contributed by atoms with Crippen LogP contribution in [0.1, 0.15) is 0 Å². The Kier molecular flexibility index (Phi) is 12.4. The van der Waals surface area contributed by atoms with Crippen LogP contribution in [0.5, 0.6) is 0 Å². The fourth-order valence-corrected chi connectivity index (χ4v) is 0.727. The summed E-state index contributed by atoms with van der Waals surface area (Å²) in [6, 6.07) is 0. The Bertz CT molecular complexity index is 375. The van der Waals surface area contributed by atoms with Crippen LogP contribution >= 0.6 is 8.25 Å². The van der Waals surface area contributed by atoms with Crippen LogP contribution in [0.2, 0.25) is 0 Å².